The van der Waals surface area contributed by atoms with Gasteiger partial charge in [-0.2, -0.15) is 10.2 Å². The maximum atomic E-state index is 12.5. The Morgan fingerprint density at radius 1 is 1.26 bits per heavy atom. The highest BCUT2D eigenvalue weighted by Gasteiger charge is 2.13. The normalized spacial score (nSPS) is 10.6. The minimum absolute atomic E-state index is 0.160. The van der Waals surface area contributed by atoms with Crippen molar-refractivity contribution in [3.05, 3.63) is 58.5 Å². The zero-order valence-electron chi connectivity index (χ0n) is 15.2. The first-order chi connectivity index (χ1) is 13.1. The Labute approximate surface area is 156 Å². The molecule has 0 radical (unpaired) electrons. The van der Waals surface area contributed by atoms with Gasteiger partial charge in [0.05, 0.1) is 12.8 Å². The molecule has 1 amide bonds. The number of anilines is 1. The Kier molecular flexibility index (Phi) is 5.65. The van der Waals surface area contributed by atoms with E-state index in [0.29, 0.717) is 23.8 Å². The van der Waals surface area contributed by atoms with Crippen molar-refractivity contribution in [1.82, 2.24) is 20.0 Å². The summed E-state index contributed by atoms with van der Waals surface area (Å²) in [5.74, 6) is 0.621. The number of amides is 1. The van der Waals surface area contributed by atoms with E-state index in [4.69, 9.17) is 4.74 Å². The number of para-hydroxylation sites is 1. The molecule has 3 rings (SSSR count). The molecule has 1 aromatic carbocycles. The molecular weight excluding hydrogens is 346 g/mol. The fourth-order valence-electron chi connectivity index (χ4n) is 2.61. The molecule has 8 heteroatoms. The van der Waals surface area contributed by atoms with Gasteiger partial charge in [0.2, 0.25) is 0 Å². The van der Waals surface area contributed by atoms with Gasteiger partial charge in [-0.15, -0.1) is 0 Å². The molecule has 8 nitrogen and oxygen atoms in total. The van der Waals surface area contributed by atoms with Gasteiger partial charge in [0.1, 0.15) is 11.4 Å². The summed E-state index contributed by atoms with van der Waals surface area (Å²) in [5, 5.41) is 13.8. The van der Waals surface area contributed by atoms with Crippen molar-refractivity contribution in [2.24, 2.45) is 0 Å². The van der Waals surface area contributed by atoms with Crippen LogP contribution in [-0.4, -0.2) is 33.0 Å². The first-order valence-corrected chi connectivity index (χ1v) is 8.70. The number of hydrogen-bond acceptors (Lipinski definition) is 5. The highest BCUT2D eigenvalue weighted by molar-refractivity contribution is 6.02. The van der Waals surface area contributed by atoms with Crippen LogP contribution in [0.5, 0.6) is 5.75 Å². The maximum absolute atomic E-state index is 12.5. The minimum atomic E-state index is -0.432. The zero-order chi connectivity index (χ0) is 19.2. The van der Waals surface area contributed by atoms with E-state index in [1.807, 2.05) is 31.2 Å². The highest BCUT2D eigenvalue weighted by atomic mass is 16.5. The molecular formula is C19H21N5O3. The molecule has 0 atom stereocenters. The van der Waals surface area contributed by atoms with Gasteiger partial charge in [0.25, 0.3) is 11.5 Å². The van der Waals surface area contributed by atoms with E-state index in [1.165, 1.54) is 16.8 Å². The van der Waals surface area contributed by atoms with Crippen molar-refractivity contribution in [2.45, 2.75) is 26.3 Å². The van der Waals surface area contributed by atoms with Crippen LogP contribution in [0.4, 0.5) is 5.82 Å². The second-order valence-electron chi connectivity index (χ2n) is 5.95. The number of carbonyl (C=O) groups is 1. The number of benzene rings is 1. The third kappa shape index (κ3) is 4.22. The summed E-state index contributed by atoms with van der Waals surface area (Å²) >= 11 is 0. The van der Waals surface area contributed by atoms with Crippen molar-refractivity contribution in [3.63, 3.8) is 0 Å². The van der Waals surface area contributed by atoms with Crippen LogP contribution in [0.15, 0.2) is 47.3 Å². The highest BCUT2D eigenvalue weighted by Crippen LogP contribution is 2.29. The van der Waals surface area contributed by atoms with Gasteiger partial charge >= 0.3 is 0 Å². The molecule has 0 saturated heterocycles. The van der Waals surface area contributed by atoms with Crippen LogP contribution < -0.4 is 15.6 Å². The fourth-order valence-corrected chi connectivity index (χ4v) is 2.61. The Bertz CT molecular complexity index is 993. The molecule has 27 heavy (non-hydrogen) atoms. The lowest BCUT2D eigenvalue weighted by atomic mass is 10.1. The number of ether oxygens (including phenoxy) is 1. The van der Waals surface area contributed by atoms with E-state index in [2.05, 4.69) is 20.6 Å². The quantitative estimate of drug-likeness (QED) is 0.668. The van der Waals surface area contributed by atoms with Gasteiger partial charge in [-0.1, -0.05) is 25.5 Å². The van der Waals surface area contributed by atoms with Gasteiger partial charge in [-0.3, -0.25) is 14.7 Å². The van der Waals surface area contributed by atoms with E-state index in [1.54, 1.807) is 13.2 Å². The summed E-state index contributed by atoms with van der Waals surface area (Å²) in [6, 6.07) is 12.0. The number of carbonyl (C=O) groups excluding carboxylic acids is 1. The molecule has 0 aliphatic carbocycles. The van der Waals surface area contributed by atoms with E-state index in [9.17, 15) is 9.59 Å². The summed E-state index contributed by atoms with van der Waals surface area (Å²) in [4.78, 5) is 24.3. The standard InChI is InChI=1S/C19H21N5O3/c1-3-4-11-24-18(25)10-9-14(23-24)19(26)20-17-12-15(21-22-17)13-7-5-6-8-16(13)27-2/h5-10,12H,3-4,11H2,1-2H3,(H2,20,21,22,26). The van der Waals surface area contributed by atoms with Crippen LogP contribution in [0.2, 0.25) is 0 Å². The number of hydrogen-bond donors (Lipinski definition) is 2. The lowest BCUT2D eigenvalue weighted by Gasteiger charge is -2.06. The molecule has 140 valence electrons. The smallest absolute Gasteiger partial charge is 0.277 e. The van der Waals surface area contributed by atoms with Gasteiger partial charge in [0, 0.05) is 24.2 Å². The molecule has 0 bridgehead atoms. The monoisotopic (exact) mass is 367 g/mol. The lowest BCUT2D eigenvalue weighted by molar-refractivity contribution is 0.101. The molecule has 3 aromatic rings. The number of nitrogens with one attached hydrogen (secondary N) is 2. The predicted molar refractivity (Wildman–Crippen MR) is 102 cm³/mol. The first-order valence-electron chi connectivity index (χ1n) is 8.70. The molecule has 0 spiro atoms. The van der Waals surface area contributed by atoms with Crippen molar-refractivity contribution in [1.29, 1.82) is 0 Å². The number of nitrogens with zero attached hydrogens (tertiary/aromatic N) is 3. The van der Waals surface area contributed by atoms with E-state index in [0.717, 1.165) is 18.4 Å². The summed E-state index contributed by atoms with van der Waals surface area (Å²) in [5.41, 5.74) is 1.48. The average molecular weight is 367 g/mol. The number of unbranched alkanes of at least 4 members (excludes halogenated alkanes) is 1. The van der Waals surface area contributed by atoms with Gasteiger partial charge in [-0.25, -0.2) is 4.68 Å². The Hall–Kier alpha value is -3.42. The molecule has 2 heterocycles. The van der Waals surface area contributed by atoms with E-state index >= 15 is 0 Å². The van der Waals surface area contributed by atoms with Crippen molar-refractivity contribution in [2.75, 3.05) is 12.4 Å². The molecule has 2 N–H and O–H groups in total. The molecule has 0 saturated carbocycles. The molecule has 0 aliphatic heterocycles. The Balaban J connectivity index is 1.77. The van der Waals surface area contributed by atoms with Crippen LogP contribution >= 0.6 is 0 Å². The predicted octanol–water partition coefficient (Wildman–Crippen LogP) is 2.69. The number of aryl methyl sites for hydroxylation is 1. The van der Waals surface area contributed by atoms with Crippen LogP contribution in [0, 0.1) is 0 Å². The molecule has 0 unspecified atom stereocenters. The summed E-state index contributed by atoms with van der Waals surface area (Å²) in [6.45, 7) is 2.51. The first kappa shape index (κ1) is 18.4. The van der Waals surface area contributed by atoms with Gasteiger partial charge in [-0.05, 0) is 24.6 Å². The van der Waals surface area contributed by atoms with Crippen molar-refractivity contribution < 1.29 is 9.53 Å². The second kappa shape index (κ2) is 8.31. The number of rotatable bonds is 7. The van der Waals surface area contributed by atoms with Gasteiger partial charge in [0.15, 0.2) is 5.82 Å². The third-order valence-corrected chi connectivity index (χ3v) is 4.04. The number of aromatic amines is 1. The van der Waals surface area contributed by atoms with Crippen LogP contribution in [0.1, 0.15) is 30.3 Å². The summed E-state index contributed by atoms with van der Waals surface area (Å²) in [7, 11) is 1.59. The SMILES string of the molecule is CCCCn1nc(C(=O)Nc2cc(-c3ccccc3OC)[nH]n2)ccc1=O. The Morgan fingerprint density at radius 2 is 2.07 bits per heavy atom. The van der Waals surface area contributed by atoms with E-state index < -0.39 is 5.91 Å². The van der Waals surface area contributed by atoms with Crippen molar-refractivity contribution >= 4 is 11.7 Å². The molecule has 0 fully saturated rings. The Morgan fingerprint density at radius 3 is 2.85 bits per heavy atom. The topological polar surface area (TPSA) is 102 Å². The van der Waals surface area contributed by atoms with Crippen LogP contribution in [0.25, 0.3) is 11.3 Å². The minimum Gasteiger partial charge on any atom is -0.496 e. The fraction of sp³-hybridized carbons (Fsp3) is 0.263. The van der Waals surface area contributed by atoms with Crippen molar-refractivity contribution in [3.8, 4) is 17.0 Å². The van der Waals surface area contributed by atoms with Gasteiger partial charge < -0.3 is 10.1 Å². The lowest BCUT2D eigenvalue weighted by Crippen LogP contribution is -2.26. The largest absolute Gasteiger partial charge is 0.496 e. The van der Waals surface area contributed by atoms with Crippen LogP contribution in [-0.2, 0) is 6.54 Å². The molecule has 2 aromatic heterocycles. The van der Waals surface area contributed by atoms with Crippen LogP contribution in [0.3, 0.4) is 0 Å². The second-order valence-corrected chi connectivity index (χ2v) is 5.95. The summed E-state index contributed by atoms with van der Waals surface area (Å²) in [6.07, 6.45) is 1.75. The molecule has 0 aliphatic rings. The summed E-state index contributed by atoms with van der Waals surface area (Å²) < 4.78 is 6.65. The average Bonchev–Trinajstić information content (AvgIpc) is 3.15. The van der Waals surface area contributed by atoms with E-state index in [-0.39, 0.29) is 11.3 Å². The third-order valence-electron chi connectivity index (χ3n) is 4.04. The number of aromatic nitrogens is 4. The number of methoxy groups -OCH3 is 1. The number of H-pyrrole nitrogens is 1. The maximum Gasteiger partial charge on any atom is 0.277 e. The zero-order valence-corrected chi connectivity index (χ0v) is 15.2.